The van der Waals surface area contributed by atoms with Gasteiger partial charge in [0.15, 0.2) is 0 Å². The molecule has 154 valence electrons. The fourth-order valence-corrected chi connectivity index (χ4v) is 4.53. The molecule has 1 N–H and O–H groups in total. The van der Waals surface area contributed by atoms with Crippen molar-refractivity contribution >= 4 is 63.8 Å². The zero-order chi connectivity index (χ0) is 21.8. The molecule has 0 atom stereocenters. The Morgan fingerprint density at radius 3 is 2.58 bits per heavy atom. The van der Waals surface area contributed by atoms with E-state index in [1.54, 1.807) is 24.3 Å². The maximum Gasteiger partial charge on any atom is 0.248 e. The number of carbonyl (C=O) groups is 1. The van der Waals surface area contributed by atoms with Crippen LogP contribution in [-0.4, -0.2) is 10.9 Å². The molecule has 4 rings (SSSR count). The van der Waals surface area contributed by atoms with Gasteiger partial charge < -0.3 is 5.32 Å². The summed E-state index contributed by atoms with van der Waals surface area (Å²) in [5.41, 5.74) is 4.00. The first-order chi connectivity index (χ1) is 15.0. The molecule has 1 heterocycles. The molecule has 3 aromatic carbocycles. The normalized spacial score (nSPS) is 11.1. The smallest absolute Gasteiger partial charge is 0.248 e. The number of benzene rings is 3. The number of carbonyl (C=O) groups excluding carboxylic acids is 1. The second-order valence-corrected chi connectivity index (χ2v) is 8.70. The van der Waals surface area contributed by atoms with Crippen LogP contribution in [0.4, 0.5) is 5.69 Å². The fraction of sp³-hybridized carbons (Fsp3) is 0. The first-order valence-electron chi connectivity index (χ1n) is 9.24. The van der Waals surface area contributed by atoms with Crippen molar-refractivity contribution < 1.29 is 4.79 Å². The number of hydrogen-bond acceptors (Lipinski definition) is 3. The molecule has 0 radical (unpaired) electrons. The van der Waals surface area contributed by atoms with Crippen molar-refractivity contribution in [1.82, 2.24) is 4.98 Å². The molecule has 0 fully saturated rings. The summed E-state index contributed by atoms with van der Waals surface area (Å²) in [5, 5.41) is 7.37. The third-order valence-corrected chi connectivity index (χ3v) is 6.18. The van der Waals surface area contributed by atoms with Gasteiger partial charge in [-0.2, -0.15) is 0 Å². The minimum atomic E-state index is -0.266. The van der Waals surface area contributed by atoms with Gasteiger partial charge in [0.1, 0.15) is 5.01 Å². The summed E-state index contributed by atoms with van der Waals surface area (Å²) in [6.07, 6.45) is 3.08. The molecule has 0 aliphatic heterocycles. The van der Waals surface area contributed by atoms with Crippen LogP contribution in [0.15, 0.2) is 78.2 Å². The van der Waals surface area contributed by atoms with E-state index in [2.05, 4.69) is 5.32 Å². The van der Waals surface area contributed by atoms with Gasteiger partial charge in [-0.15, -0.1) is 11.3 Å². The predicted molar refractivity (Wildman–Crippen MR) is 132 cm³/mol. The Bertz CT molecular complexity index is 1280. The molecule has 0 unspecified atom stereocenters. The van der Waals surface area contributed by atoms with Gasteiger partial charge in [0.2, 0.25) is 5.91 Å². The van der Waals surface area contributed by atoms with Gasteiger partial charge in [0.05, 0.1) is 10.7 Å². The summed E-state index contributed by atoms with van der Waals surface area (Å²) >= 11 is 19.8. The maximum absolute atomic E-state index is 12.3. The van der Waals surface area contributed by atoms with E-state index < -0.39 is 0 Å². The maximum atomic E-state index is 12.3. The Labute approximate surface area is 198 Å². The van der Waals surface area contributed by atoms with E-state index in [-0.39, 0.29) is 5.91 Å². The fourth-order valence-electron chi connectivity index (χ4n) is 2.91. The number of amides is 1. The molecule has 4 aromatic rings. The summed E-state index contributed by atoms with van der Waals surface area (Å²) < 4.78 is 0. The SMILES string of the molecule is O=C(/C=C/c1ccc(Cl)cc1Cl)Nc1cccc(-c2csc(-c3ccccc3Cl)n2)c1. The number of halogens is 3. The van der Waals surface area contributed by atoms with Crippen LogP contribution in [0.2, 0.25) is 15.1 Å². The van der Waals surface area contributed by atoms with E-state index in [9.17, 15) is 4.79 Å². The van der Waals surface area contributed by atoms with Gasteiger partial charge in [0, 0.05) is 38.3 Å². The third-order valence-electron chi connectivity index (χ3n) is 4.41. The predicted octanol–water partition coefficient (Wildman–Crippen LogP) is 8.09. The highest BCUT2D eigenvalue weighted by atomic mass is 35.5. The number of nitrogens with one attached hydrogen (secondary N) is 1. The number of hydrogen-bond donors (Lipinski definition) is 1. The summed E-state index contributed by atoms with van der Waals surface area (Å²) in [7, 11) is 0. The average Bonchev–Trinajstić information content (AvgIpc) is 3.24. The lowest BCUT2D eigenvalue weighted by Crippen LogP contribution is -2.07. The van der Waals surface area contributed by atoms with Crippen LogP contribution < -0.4 is 5.32 Å². The van der Waals surface area contributed by atoms with E-state index in [0.29, 0.717) is 26.3 Å². The number of aromatic nitrogens is 1. The Balaban J connectivity index is 1.49. The van der Waals surface area contributed by atoms with Gasteiger partial charge in [0.25, 0.3) is 0 Å². The highest BCUT2D eigenvalue weighted by Gasteiger charge is 2.10. The summed E-state index contributed by atoms with van der Waals surface area (Å²) in [6.45, 7) is 0. The molecule has 0 aliphatic carbocycles. The highest BCUT2D eigenvalue weighted by molar-refractivity contribution is 7.13. The molecule has 31 heavy (non-hydrogen) atoms. The first-order valence-corrected chi connectivity index (χ1v) is 11.3. The van der Waals surface area contributed by atoms with Crippen molar-refractivity contribution in [3.8, 4) is 21.8 Å². The van der Waals surface area contributed by atoms with Gasteiger partial charge in [-0.1, -0.05) is 71.2 Å². The van der Waals surface area contributed by atoms with Crippen molar-refractivity contribution in [3.05, 3.63) is 98.8 Å². The van der Waals surface area contributed by atoms with Crippen molar-refractivity contribution in [2.24, 2.45) is 0 Å². The molecule has 3 nitrogen and oxygen atoms in total. The quantitative estimate of drug-likeness (QED) is 0.290. The van der Waals surface area contributed by atoms with Crippen LogP contribution in [0.5, 0.6) is 0 Å². The lowest BCUT2D eigenvalue weighted by molar-refractivity contribution is -0.111. The Morgan fingerprint density at radius 1 is 0.935 bits per heavy atom. The summed E-state index contributed by atoms with van der Waals surface area (Å²) in [4.78, 5) is 17.0. The Hall–Kier alpha value is -2.63. The molecule has 0 saturated heterocycles. The molecule has 0 bridgehead atoms. The molecular weight excluding hydrogens is 471 g/mol. The third kappa shape index (κ3) is 5.35. The minimum absolute atomic E-state index is 0.266. The average molecular weight is 486 g/mol. The van der Waals surface area contributed by atoms with E-state index in [1.807, 2.05) is 53.9 Å². The molecule has 0 aliphatic rings. The molecule has 1 amide bonds. The second kappa shape index (κ2) is 9.67. The van der Waals surface area contributed by atoms with E-state index >= 15 is 0 Å². The number of rotatable bonds is 5. The number of anilines is 1. The van der Waals surface area contributed by atoms with Crippen LogP contribution >= 0.6 is 46.1 Å². The second-order valence-electron chi connectivity index (χ2n) is 6.59. The standard InChI is InChI=1S/C24H15Cl3N2OS/c25-17-10-8-15(21(27)13-17)9-11-23(30)28-18-5-3-4-16(12-18)22-14-31-24(29-22)19-6-1-2-7-20(19)26/h1-14H,(H,28,30)/b11-9+. The Kier molecular flexibility index (Phi) is 6.73. The molecular formula is C24H15Cl3N2OS. The van der Waals surface area contributed by atoms with Crippen LogP contribution in [0, 0.1) is 0 Å². The van der Waals surface area contributed by atoms with Crippen molar-refractivity contribution in [3.63, 3.8) is 0 Å². The van der Waals surface area contributed by atoms with Crippen molar-refractivity contribution in [1.29, 1.82) is 0 Å². The van der Waals surface area contributed by atoms with Crippen molar-refractivity contribution in [2.45, 2.75) is 0 Å². The van der Waals surface area contributed by atoms with Crippen molar-refractivity contribution in [2.75, 3.05) is 5.32 Å². The zero-order valence-corrected chi connectivity index (χ0v) is 19.1. The van der Waals surface area contributed by atoms with Crippen LogP contribution in [-0.2, 0) is 4.79 Å². The molecule has 1 aromatic heterocycles. The Morgan fingerprint density at radius 2 is 1.77 bits per heavy atom. The highest BCUT2D eigenvalue weighted by Crippen LogP contribution is 2.33. The van der Waals surface area contributed by atoms with Gasteiger partial charge in [-0.05, 0) is 42.0 Å². The van der Waals surface area contributed by atoms with Crippen LogP contribution in [0.1, 0.15) is 5.56 Å². The lowest BCUT2D eigenvalue weighted by Gasteiger charge is -2.05. The van der Waals surface area contributed by atoms with Crippen LogP contribution in [0.3, 0.4) is 0 Å². The summed E-state index contributed by atoms with van der Waals surface area (Å²) in [5.74, 6) is -0.266. The number of thiazole rings is 1. The van der Waals surface area contributed by atoms with Crippen LogP contribution in [0.25, 0.3) is 27.9 Å². The number of nitrogens with zero attached hydrogens (tertiary/aromatic N) is 1. The largest absolute Gasteiger partial charge is 0.322 e. The van der Waals surface area contributed by atoms with Gasteiger partial charge in [-0.3, -0.25) is 4.79 Å². The van der Waals surface area contributed by atoms with E-state index in [0.717, 1.165) is 21.8 Å². The van der Waals surface area contributed by atoms with E-state index in [1.165, 1.54) is 17.4 Å². The molecule has 0 spiro atoms. The molecule has 7 heteroatoms. The van der Waals surface area contributed by atoms with E-state index in [4.69, 9.17) is 39.8 Å². The minimum Gasteiger partial charge on any atom is -0.322 e. The molecule has 0 saturated carbocycles. The van der Waals surface area contributed by atoms with Gasteiger partial charge >= 0.3 is 0 Å². The van der Waals surface area contributed by atoms with Gasteiger partial charge in [-0.25, -0.2) is 4.98 Å². The lowest BCUT2D eigenvalue weighted by atomic mass is 10.1. The zero-order valence-electron chi connectivity index (χ0n) is 16.0. The monoisotopic (exact) mass is 484 g/mol. The summed E-state index contributed by atoms with van der Waals surface area (Å²) in [6, 6.07) is 20.3. The first kappa shape index (κ1) is 21.6. The topological polar surface area (TPSA) is 42.0 Å².